The summed E-state index contributed by atoms with van der Waals surface area (Å²) in [5, 5.41) is 0. The summed E-state index contributed by atoms with van der Waals surface area (Å²) in [7, 11) is -4.40. The lowest BCUT2D eigenvalue weighted by molar-refractivity contribution is -0.161. The summed E-state index contributed by atoms with van der Waals surface area (Å²) in [6, 6.07) is 0. The van der Waals surface area contributed by atoms with Crippen molar-refractivity contribution in [3.63, 3.8) is 0 Å². The van der Waals surface area contributed by atoms with Gasteiger partial charge in [-0.3, -0.25) is 18.6 Å². The zero-order valence-electron chi connectivity index (χ0n) is 58.2. The van der Waals surface area contributed by atoms with Crippen molar-refractivity contribution in [3.05, 3.63) is 97.2 Å². The van der Waals surface area contributed by atoms with Gasteiger partial charge < -0.3 is 20.1 Å². The van der Waals surface area contributed by atoms with Crippen molar-refractivity contribution in [2.45, 2.75) is 367 Å². The number of allylic oxidation sites excluding steroid dienone is 16. The van der Waals surface area contributed by atoms with Crippen LogP contribution in [0.4, 0.5) is 0 Å². The zero-order chi connectivity index (χ0) is 64.4. The minimum atomic E-state index is -4.40. The summed E-state index contributed by atoms with van der Waals surface area (Å²) in [6.07, 6.45) is 101. The zero-order valence-corrected chi connectivity index (χ0v) is 59.1. The number of esters is 2. The second-order valence-electron chi connectivity index (χ2n) is 25.1. The lowest BCUT2D eigenvalue weighted by Crippen LogP contribution is -2.29. The molecule has 9 nitrogen and oxygen atoms in total. The van der Waals surface area contributed by atoms with Gasteiger partial charge in [-0.15, -0.1) is 0 Å². The van der Waals surface area contributed by atoms with E-state index in [1.54, 1.807) is 0 Å². The molecule has 0 spiro atoms. The van der Waals surface area contributed by atoms with Crippen LogP contribution < -0.4 is 5.73 Å². The van der Waals surface area contributed by atoms with Gasteiger partial charge in [0.25, 0.3) is 0 Å². The molecule has 0 aliphatic heterocycles. The maximum Gasteiger partial charge on any atom is 0.472 e. The summed E-state index contributed by atoms with van der Waals surface area (Å²) in [5.74, 6) is -0.817. The SMILES string of the molecule is CC/C=C\C/C=C\C/C=C\C/C=C\C/C=C\C/C=C\CCCCCCCCCCCCCCC(=O)OC(COC(=O)CCCCCCCCCCCCCCCCCCCCCCCCCCC/C=C\C/C=C\CCCCCCC)COP(=O)(O)OCCN. The highest BCUT2D eigenvalue weighted by Gasteiger charge is 2.26. The van der Waals surface area contributed by atoms with E-state index in [0.717, 1.165) is 83.5 Å². The summed E-state index contributed by atoms with van der Waals surface area (Å²) in [5.41, 5.74) is 5.41. The number of unbranched alkanes of at least 4 members (excludes halogenated alkanes) is 42. The molecule has 0 radical (unpaired) electrons. The molecule has 0 aromatic rings. The Balaban J connectivity index is 3.82. The molecule has 0 rings (SSSR count). The van der Waals surface area contributed by atoms with E-state index in [-0.39, 0.29) is 38.6 Å². The molecule has 516 valence electrons. The number of hydrogen-bond donors (Lipinski definition) is 2. The number of nitrogens with two attached hydrogens (primary N) is 1. The van der Waals surface area contributed by atoms with Crippen LogP contribution in [0.5, 0.6) is 0 Å². The van der Waals surface area contributed by atoms with E-state index in [1.165, 1.54) is 244 Å². The number of carbonyl (C=O) groups excluding carboxylic acids is 2. The number of phosphoric acid groups is 1. The molecule has 0 aliphatic carbocycles. The van der Waals surface area contributed by atoms with Gasteiger partial charge >= 0.3 is 19.8 Å². The van der Waals surface area contributed by atoms with Crippen LogP contribution >= 0.6 is 7.82 Å². The molecule has 0 aliphatic rings. The predicted molar refractivity (Wildman–Crippen MR) is 385 cm³/mol. The van der Waals surface area contributed by atoms with Crippen molar-refractivity contribution in [1.29, 1.82) is 0 Å². The number of hydrogen-bond acceptors (Lipinski definition) is 8. The van der Waals surface area contributed by atoms with Crippen LogP contribution in [0.25, 0.3) is 0 Å². The summed E-state index contributed by atoms with van der Waals surface area (Å²) in [6.45, 7) is 3.66. The average Bonchev–Trinajstić information content (AvgIpc) is 3.68. The van der Waals surface area contributed by atoms with Gasteiger partial charge in [-0.1, -0.05) is 349 Å². The van der Waals surface area contributed by atoms with Crippen molar-refractivity contribution in [2.75, 3.05) is 26.4 Å². The smallest absolute Gasteiger partial charge is 0.462 e. The monoisotopic (exact) mass is 1260 g/mol. The summed E-state index contributed by atoms with van der Waals surface area (Å²) < 4.78 is 33.2. The van der Waals surface area contributed by atoms with E-state index < -0.39 is 26.5 Å². The molecule has 2 unspecified atom stereocenters. The van der Waals surface area contributed by atoms with E-state index in [2.05, 4.69) is 111 Å². The first-order valence-corrected chi connectivity index (χ1v) is 39.2. The molecule has 10 heteroatoms. The maximum atomic E-state index is 12.8. The fourth-order valence-electron chi connectivity index (χ4n) is 10.9. The lowest BCUT2D eigenvalue weighted by Gasteiger charge is -2.19. The quantitative estimate of drug-likeness (QED) is 0.0264. The maximum absolute atomic E-state index is 12.8. The number of phosphoric ester groups is 1. The van der Waals surface area contributed by atoms with Crippen LogP contribution in [0.15, 0.2) is 97.2 Å². The molecule has 0 heterocycles. The average molecular weight is 1260 g/mol. The molecule has 0 saturated heterocycles. The van der Waals surface area contributed by atoms with Gasteiger partial charge in [0.2, 0.25) is 0 Å². The largest absolute Gasteiger partial charge is 0.472 e. The molecule has 0 bridgehead atoms. The Morgan fingerprint density at radius 3 is 0.921 bits per heavy atom. The Hall–Kier alpha value is -3.07. The third-order valence-corrected chi connectivity index (χ3v) is 17.4. The Labute approximate surface area is 550 Å². The van der Waals surface area contributed by atoms with Gasteiger partial charge in [0, 0.05) is 19.4 Å². The summed E-state index contributed by atoms with van der Waals surface area (Å²) >= 11 is 0. The van der Waals surface area contributed by atoms with E-state index in [1.807, 2.05) is 0 Å². The molecule has 3 N–H and O–H groups in total. The molecular formula is C79H142NO8P. The fourth-order valence-corrected chi connectivity index (χ4v) is 11.7. The highest BCUT2D eigenvalue weighted by Crippen LogP contribution is 2.43. The van der Waals surface area contributed by atoms with Crippen molar-refractivity contribution in [3.8, 4) is 0 Å². The minimum absolute atomic E-state index is 0.0514. The van der Waals surface area contributed by atoms with Crippen molar-refractivity contribution in [1.82, 2.24) is 0 Å². The molecule has 0 saturated carbocycles. The van der Waals surface area contributed by atoms with Crippen LogP contribution in [0.2, 0.25) is 0 Å². The third-order valence-electron chi connectivity index (χ3n) is 16.5. The third kappa shape index (κ3) is 73.9. The van der Waals surface area contributed by atoms with E-state index in [9.17, 15) is 19.0 Å². The van der Waals surface area contributed by atoms with Crippen LogP contribution in [-0.2, 0) is 32.7 Å². The van der Waals surface area contributed by atoms with Crippen LogP contribution in [-0.4, -0.2) is 49.3 Å². The second-order valence-corrected chi connectivity index (χ2v) is 26.6. The van der Waals surface area contributed by atoms with Crippen LogP contribution in [0.1, 0.15) is 361 Å². The Morgan fingerprint density at radius 2 is 0.618 bits per heavy atom. The first-order valence-electron chi connectivity index (χ1n) is 37.7. The fraction of sp³-hybridized carbons (Fsp3) is 0.772. The number of ether oxygens (including phenoxy) is 2. The minimum Gasteiger partial charge on any atom is -0.462 e. The number of rotatable bonds is 71. The number of carbonyl (C=O) groups is 2. The first kappa shape index (κ1) is 85.9. The normalized spacial score (nSPS) is 13.4. The van der Waals surface area contributed by atoms with Crippen LogP contribution in [0, 0.1) is 0 Å². The van der Waals surface area contributed by atoms with Gasteiger partial charge in [0.15, 0.2) is 6.10 Å². The van der Waals surface area contributed by atoms with Crippen molar-refractivity contribution < 1.29 is 37.6 Å². The van der Waals surface area contributed by atoms with Crippen molar-refractivity contribution >= 4 is 19.8 Å². The van der Waals surface area contributed by atoms with Gasteiger partial charge in [0.1, 0.15) is 6.61 Å². The van der Waals surface area contributed by atoms with Crippen LogP contribution in [0.3, 0.4) is 0 Å². The summed E-state index contributed by atoms with van der Waals surface area (Å²) in [4.78, 5) is 35.4. The molecule has 89 heavy (non-hydrogen) atoms. The highest BCUT2D eigenvalue weighted by atomic mass is 31.2. The predicted octanol–water partition coefficient (Wildman–Crippen LogP) is 25.1. The highest BCUT2D eigenvalue weighted by molar-refractivity contribution is 7.47. The molecule has 0 amide bonds. The Kier molecular flexibility index (Phi) is 71.4. The van der Waals surface area contributed by atoms with E-state index >= 15 is 0 Å². The molecule has 2 atom stereocenters. The van der Waals surface area contributed by atoms with Gasteiger partial charge in [-0.2, -0.15) is 0 Å². The van der Waals surface area contributed by atoms with Gasteiger partial charge in [-0.25, -0.2) is 4.57 Å². The topological polar surface area (TPSA) is 134 Å². The molecular weight excluding hydrogens is 1120 g/mol. The van der Waals surface area contributed by atoms with Crippen molar-refractivity contribution in [2.24, 2.45) is 5.73 Å². The first-order chi connectivity index (χ1) is 43.8. The Morgan fingerprint density at radius 1 is 0.348 bits per heavy atom. The molecule has 0 fully saturated rings. The molecule has 0 aromatic heterocycles. The van der Waals surface area contributed by atoms with Gasteiger partial charge in [-0.05, 0) is 96.3 Å². The lowest BCUT2D eigenvalue weighted by atomic mass is 10.0. The Bertz CT molecular complexity index is 1780. The van der Waals surface area contributed by atoms with Gasteiger partial charge in [0.05, 0.1) is 13.2 Å². The molecule has 0 aromatic carbocycles. The second kappa shape index (κ2) is 74.0. The standard InChI is InChI=1S/C79H142NO8P/c1-3-5-7-9-11-13-15-17-19-21-23-25-27-29-31-33-35-36-37-38-39-40-42-43-45-47-49-51-53-55-57-59-61-63-65-67-69-71-78(81)85-75-77(76-87-89(83,84)86-74-73-80)88-79(82)72-70-68-66-64-62-60-58-56-54-52-50-48-46-44-41-34-32-30-28-26-24-22-20-18-16-14-12-10-8-6-4-2/h6,8,12,14-15,17-18,20-21,23-24,26,30,32,41,44,77H,3-5,7,9-11,13,16,19,22,25,27-29,31,33-40,42-43,45-76,80H2,1-2H3,(H,83,84)/b8-6-,14-12-,17-15-,20-18-,23-21-,26-24-,32-30-,44-41-. The van der Waals surface area contributed by atoms with E-state index in [4.69, 9.17) is 24.3 Å². The van der Waals surface area contributed by atoms with E-state index in [0.29, 0.717) is 6.42 Å².